The quantitative estimate of drug-likeness (QED) is 0.0138. The Morgan fingerprint density at radius 1 is 0.423 bits per heavy atom. The lowest BCUT2D eigenvalue weighted by molar-refractivity contribution is -0.300. The largest absolute Gasteiger partial charge is 0.459 e. The summed E-state index contributed by atoms with van der Waals surface area (Å²) < 4.78 is 71.6. The van der Waals surface area contributed by atoms with Crippen molar-refractivity contribution in [3.63, 3.8) is 0 Å². The van der Waals surface area contributed by atoms with Crippen LogP contribution in [0.3, 0.4) is 0 Å². The van der Waals surface area contributed by atoms with Crippen LogP contribution in [0.15, 0.2) is 133 Å². The third-order valence-electron chi connectivity index (χ3n) is 26.0. The molecule has 6 unspecified atom stereocenters. The number of allylic oxidation sites excluding steroid dienone is 2. The van der Waals surface area contributed by atoms with Crippen LogP contribution in [0.2, 0.25) is 0 Å². The predicted molar refractivity (Wildman–Crippen MR) is 471 cm³/mol. The molecule has 123 heavy (non-hydrogen) atoms. The number of rotatable bonds is 58. The van der Waals surface area contributed by atoms with Gasteiger partial charge < -0.3 is 78.1 Å². The van der Waals surface area contributed by atoms with Gasteiger partial charge in [0.1, 0.15) is 18.8 Å². The second-order valence-corrected chi connectivity index (χ2v) is 34.8. The Balaban J connectivity index is 0.541. The summed E-state index contributed by atoms with van der Waals surface area (Å²) in [5.74, 6) is 0.332. The van der Waals surface area contributed by atoms with Crippen molar-refractivity contribution in [3.05, 3.63) is 156 Å². The number of nitrogens with one attached hydrogen (secondary N) is 4. The van der Waals surface area contributed by atoms with Crippen molar-refractivity contribution in [1.82, 2.24) is 21.3 Å². The Hall–Kier alpha value is -8.26. The molecule has 5 aliphatic rings. The van der Waals surface area contributed by atoms with Gasteiger partial charge in [0.05, 0.1) is 75.1 Å². The lowest BCUT2D eigenvalue weighted by atomic mass is 9.44. The molecule has 1 saturated heterocycles. The van der Waals surface area contributed by atoms with E-state index in [4.69, 9.17) is 56.8 Å². The molecular weight excluding hydrogens is 1570 g/mol. The Labute approximate surface area is 731 Å². The Bertz CT molecular complexity index is 3730. The maximum Gasteiger partial charge on any atom is 0.407 e. The second-order valence-electron chi connectivity index (χ2n) is 34.8. The maximum absolute atomic E-state index is 14.0. The zero-order chi connectivity index (χ0) is 87.0. The van der Waals surface area contributed by atoms with E-state index in [1.807, 2.05) is 0 Å². The molecule has 1 heterocycles. The molecule has 24 nitrogen and oxygen atoms in total. The number of fused-ring (bicyclic) bond motifs is 5. The van der Waals surface area contributed by atoms with Gasteiger partial charge >= 0.3 is 36.1 Å². The smallest absolute Gasteiger partial charge is 0.407 e. The zero-order valence-electron chi connectivity index (χ0n) is 74.0. The van der Waals surface area contributed by atoms with Crippen molar-refractivity contribution in [2.45, 2.75) is 270 Å². The number of amides is 4. The standard InChI is InChI=1S/C99H144N4O20/c1-5-6-7-8-9-10-11-12-13-14-15-16-17-18-19-36-59-103-97(111)119-80-54-56-98(3)79(71-80)50-51-81-83-53-52-82(99(83,4)57-55-84(81)98)74(2)72-118-96(110)102-58-37-24-34-48-86(104)100-60-39-63-113-66-65-112-62-38-25-35-49-87(105)101-61-64-114-67-68-115-69-70-116-95-90(123-94(109)78-46-32-23-33-47-78)89(122-93(108)77-44-30-22-31-45-77)88(121-92(107)76-42-28-21-29-43-76)85(120-95)73-117-91(106)75-40-26-20-27-41-75/h12-13,20-23,26-33,40-47,74,79-85,88-90,95H,5-11,14-19,24-25,34-39,48-73H2,1-4H3,(H,100,104)(H,101,105)(H,102,110)(H,103,111)/b13-12-/t74-,79?,80-,81?,82-,83?,84?,85?,88-,89+,90?,95+,98+,99-/m1/s1. The highest BCUT2D eigenvalue weighted by Gasteiger charge is 2.61. The minimum absolute atomic E-state index is 0.00855. The summed E-state index contributed by atoms with van der Waals surface area (Å²) in [7, 11) is 0. The minimum Gasteiger partial charge on any atom is -0.459 e. The molecule has 0 bridgehead atoms. The number of hydrogen-bond donors (Lipinski definition) is 4. The molecule has 0 spiro atoms. The first-order valence-corrected chi connectivity index (χ1v) is 46.7. The molecule has 4 aromatic carbocycles. The van der Waals surface area contributed by atoms with Crippen LogP contribution in [0.5, 0.6) is 0 Å². The number of ether oxygens (including phenoxy) is 12. The van der Waals surface area contributed by atoms with Crippen LogP contribution in [0.25, 0.3) is 0 Å². The minimum atomic E-state index is -1.58. The van der Waals surface area contributed by atoms with Crippen LogP contribution in [-0.4, -0.2) is 184 Å². The van der Waals surface area contributed by atoms with Crippen LogP contribution in [0, 0.1) is 46.3 Å². The van der Waals surface area contributed by atoms with E-state index in [2.05, 4.69) is 61.1 Å². The first-order chi connectivity index (χ1) is 60.0. The molecule has 680 valence electrons. The lowest BCUT2D eigenvalue weighted by Gasteiger charge is -2.61. The molecule has 24 heteroatoms. The predicted octanol–water partition coefficient (Wildman–Crippen LogP) is 18.2. The number of esters is 4. The summed E-state index contributed by atoms with van der Waals surface area (Å²) in [4.78, 5) is 106. The van der Waals surface area contributed by atoms with E-state index in [1.54, 1.807) is 97.1 Å². The first kappa shape index (κ1) is 98.5. The second kappa shape index (κ2) is 56.0. The number of hydrogen-bond acceptors (Lipinski definition) is 20. The molecule has 4 amide bonds. The van der Waals surface area contributed by atoms with Crippen LogP contribution >= 0.6 is 0 Å². The van der Waals surface area contributed by atoms with E-state index < -0.39 is 61.2 Å². The van der Waals surface area contributed by atoms with E-state index in [9.17, 15) is 38.4 Å². The molecule has 1 aliphatic heterocycles. The number of carbonyl (C=O) groups is 8. The van der Waals surface area contributed by atoms with E-state index in [-0.39, 0.29) is 96.7 Å². The third kappa shape index (κ3) is 33.9. The summed E-state index contributed by atoms with van der Waals surface area (Å²) in [5, 5.41) is 11.9. The van der Waals surface area contributed by atoms with Gasteiger partial charge in [-0.2, -0.15) is 0 Å². The highest BCUT2D eigenvalue weighted by atomic mass is 16.7. The van der Waals surface area contributed by atoms with Crippen molar-refractivity contribution in [3.8, 4) is 0 Å². The average molecular weight is 1710 g/mol. The summed E-state index contributed by atoms with van der Waals surface area (Å²) in [6.45, 7) is 14.1. The van der Waals surface area contributed by atoms with E-state index in [0.717, 1.165) is 76.0 Å². The average Bonchev–Trinajstić information content (AvgIpc) is 1.66. The van der Waals surface area contributed by atoms with Crippen LogP contribution < -0.4 is 21.3 Å². The highest BCUT2D eigenvalue weighted by Crippen LogP contribution is 2.68. The lowest BCUT2D eigenvalue weighted by Crippen LogP contribution is -2.63. The van der Waals surface area contributed by atoms with E-state index >= 15 is 0 Å². The molecule has 4 aliphatic carbocycles. The van der Waals surface area contributed by atoms with Gasteiger partial charge in [0.25, 0.3) is 0 Å². The Morgan fingerprint density at radius 3 is 1.50 bits per heavy atom. The van der Waals surface area contributed by atoms with Crippen molar-refractivity contribution >= 4 is 47.9 Å². The number of carbonyl (C=O) groups excluding carboxylic acids is 8. The normalized spacial score (nSPS) is 23.6. The fourth-order valence-electron chi connectivity index (χ4n) is 19.2. The van der Waals surface area contributed by atoms with E-state index in [1.165, 1.54) is 140 Å². The Kier molecular flexibility index (Phi) is 44.8. The summed E-state index contributed by atoms with van der Waals surface area (Å²) in [6, 6.07) is 32.6. The van der Waals surface area contributed by atoms with E-state index in [0.29, 0.717) is 108 Å². The molecule has 14 atom stereocenters. The van der Waals surface area contributed by atoms with Gasteiger partial charge in [-0.05, 0) is 217 Å². The van der Waals surface area contributed by atoms with Gasteiger partial charge in [0.2, 0.25) is 11.8 Å². The molecule has 0 radical (unpaired) electrons. The molecule has 5 fully saturated rings. The molecule has 0 aromatic heterocycles. The van der Waals surface area contributed by atoms with Crippen molar-refractivity contribution in [2.24, 2.45) is 46.3 Å². The Morgan fingerprint density at radius 2 is 0.894 bits per heavy atom. The SMILES string of the molecule is CCCCCCCC/C=C\CCCCCCCCNC(=O)O[C@@H]1CC[C@@]2(C)C(CCC3C2CC[C@@]2(C)C3CC[C@@H]2[C@H](C)COC(=O)NCCCCCC(=O)NCCCOCCOCCCCCC(=O)NCCOCCOCCO[C@H]2OC(COC(=O)c3ccccc3)[C@@H](OC(=O)c3ccccc3)[C@H](OC(=O)c3ccccc3)C2OC(=O)c2ccccc2)C1. The van der Waals surface area contributed by atoms with Gasteiger partial charge in [-0.3, -0.25) is 9.59 Å². The van der Waals surface area contributed by atoms with Crippen LogP contribution in [0.4, 0.5) is 9.59 Å². The van der Waals surface area contributed by atoms with Crippen LogP contribution in [0.1, 0.15) is 275 Å². The first-order valence-electron chi connectivity index (χ1n) is 46.7. The number of alkyl carbamates (subject to hydrolysis) is 2. The monoisotopic (exact) mass is 1710 g/mol. The highest BCUT2D eigenvalue weighted by molar-refractivity contribution is 5.92. The van der Waals surface area contributed by atoms with Gasteiger partial charge in [-0.25, -0.2) is 28.8 Å². The number of unbranched alkanes of at least 4 members (excludes halogenated alkanes) is 16. The molecule has 4 N–H and O–H groups in total. The fraction of sp³-hybridized carbons (Fsp3) is 0.657. The third-order valence-corrected chi connectivity index (χ3v) is 26.0. The summed E-state index contributed by atoms with van der Waals surface area (Å²) in [5.41, 5.74) is 1.27. The van der Waals surface area contributed by atoms with Crippen molar-refractivity contribution < 1.29 is 95.2 Å². The molecule has 4 saturated carbocycles. The maximum atomic E-state index is 14.0. The topological polar surface area (TPSA) is 295 Å². The van der Waals surface area contributed by atoms with Crippen molar-refractivity contribution in [2.75, 3.05) is 98.9 Å². The van der Waals surface area contributed by atoms with Gasteiger partial charge in [-0.1, -0.05) is 183 Å². The van der Waals surface area contributed by atoms with Gasteiger partial charge in [-0.15, -0.1) is 0 Å². The summed E-state index contributed by atoms with van der Waals surface area (Å²) >= 11 is 0. The fourth-order valence-corrected chi connectivity index (χ4v) is 19.2. The molecule has 4 aromatic rings. The zero-order valence-corrected chi connectivity index (χ0v) is 74.0. The molecule has 9 rings (SSSR count). The van der Waals surface area contributed by atoms with Gasteiger partial charge in [0, 0.05) is 52.2 Å². The number of benzene rings is 4. The van der Waals surface area contributed by atoms with Crippen LogP contribution in [-0.2, 0) is 66.4 Å². The molecular formula is C99H144N4O20. The van der Waals surface area contributed by atoms with Gasteiger partial charge in [0.15, 0.2) is 24.6 Å². The van der Waals surface area contributed by atoms with Crippen molar-refractivity contribution in [1.29, 1.82) is 0 Å². The summed E-state index contributed by atoms with van der Waals surface area (Å²) in [6.07, 6.45) is 31.3.